The van der Waals surface area contributed by atoms with Crippen molar-refractivity contribution in [3.05, 3.63) is 70.2 Å². The number of ether oxygens (including phenoxy) is 1. The Morgan fingerprint density at radius 1 is 1.10 bits per heavy atom. The summed E-state index contributed by atoms with van der Waals surface area (Å²) in [5, 5.41) is 9.35. The number of halogens is 1. The van der Waals surface area contributed by atoms with Crippen molar-refractivity contribution in [3.8, 4) is 6.07 Å². The van der Waals surface area contributed by atoms with Crippen LogP contribution in [0.5, 0.6) is 0 Å². The molecule has 0 unspecified atom stereocenters. The van der Waals surface area contributed by atoms with Crippen molar-refractivity contribution in [3.63, 3.8) is 0 Å². The number of rotatable bonds is 5. The second-order valence-electron chi connectivity index (χ2n) is 4.23. The second kappa shape index (κ2) is 6.85. The molecule has 0 aromatic heterocycles. The summed E-state index contributed by atoms with van der Waals surface area (Å²) in [7, 11) is 0. The minimum absolute atomic E-state index is 0.00846. The Kier molecular flexibility index (Phi) is 4.89. The van der Waals surface area contributed by atoms with E-state index in [0.717, 1.165) is 5.56 Å². The lowest BCUT2D eigenvalue weighted by atomic mass is 10.1. The van der Waals surface area contributed by atoms with E-state index < -0.39 is 0 Å². The van der Waals surface area contributed by atoms with Crippen molar-refractivity contribution >= 4 is 17.4 Å². The van der Waals surface area contributed by atoms with Crippen LogP contribution in [0.15, 0.2) is 48.5 Å². The summed E-state index contributed by atoms with van der Waals surface area (Å²) in [6.07, 6.45) is 0. The Bertz CT molecular complexity index is 627. The number of hydrogen-bond acceptors (Lipinski definition) is 3. The number of carbonyl (C=O) groups is 1. The summed E-state index contributed by atoms with van der Waals surface area (Å²) >= 11 is 5.78. The van der Waals surface area contributed by atoms with Gasteiger partial charge in [-0.05, 0) is 29.8 Å². The topological polar surface area (TPSA) is 50.1 Å². The van der Waals surface area contributed by atoms with Gasteiger partial charge >= 0.3 is 0 Å². The average Bonchev–Trinajstić information content (AvgIpc) is 2.49. The Hall–Kier alpha value is -2.15. The number of Topliss-reactive ketones (excluding diaryl/α,β-unsaturated/α-hetero) is 1. The van der Waals surface area contributed by atoms with Crippen molar-refractivity contribution in [2.75, 3.05) is 6.61 Å². The van der Waals surface area contributed by atoms with Gasteiger partial charge in [0.1, 0.15) is 6.61 Å². The van der Waals surface area contributed by atoms with E-state index in [2.05, 4.69) is 0 Å². The molecule has 0 fully saturated rings. The summed E-state index contributed by atoms with van der Waals surface area (Å²) in [4.78, 5) is 11.9. The molecule has 0 aliphatic heterocycles. The van der Waals surface area contributed by atoms with Crippen molar-refractivity contribution in [1.82, 2.24) is 0 Å². The highest BCUT2D eigenvalue weighted by molar-refractivity contribution is 6.30. The van der Waals surface area contributed by atoms with Gasteiger partial charge in [0.05, 0.1) is 18.2 Å². The van der Waals surface area contributed by atoms with Crippen molar-refractivity contribution < 1.29 is 9.53 Å². The molecule has 0 bridgehead atoms. The predicted molar refractivity (Wildman–Crippen MR) is 76.6 cm³/mol. The number of ketones is 1. The molecule has 0 aliphatic carbocycles. The SMILES string of the molecule is N#Cc1ccc(C(=O)COCc2ccc(Cl)cc2)cc1. The van der Waals surface area contributed by atoms with Crippen LogP contribution in [-0.4, -0.2) is 12.4 Å². The standard InChI is InChI=1S/C16H12ClNO2/c17-15-7-3-13(4-8-15)10-20-11-16(19)14-5-1-12(9-18)2-6-14/h1-8H,10-11H2. The van der Waals surface area contributed by atoms with Gasteiger partial charge in [-0.25, -0.2) is 0 Å². The van der Waals surface area contributed by atoms with Crippen molar-refractivity contribution in [2.24, 2.45) is 0 Å². The Labute approximate surface area is 122 Å². The van der Waals surface area contributed by atoms with Gasteiger partial charge in [-0.15, -0.1) is 0 Å². The highest BCUT2D eigenvalue weighted by atomic mass is 35.5. The van der Waals surface area contributed by atoms with Gasteiger partial charge in [0, 0.05) is 10.6 Å². The second-order valence-corrected chi connectivity index (χ2v) is 4.67. The fourth-order valence-electron chi connectivity index (χ4n) is 1.66. The number of benzene rings is 2. The number of nitrogens with zero attached hydrogens (tertiary/aromatic N) is 1. The largest absolute Gasteiger partial charge is 0.369 e. The van der Waals surface area contributed by atoms with E-state index in [9.17, 15) is 4.79 Å². The molecule has 0 amide bonds. The Morgan fingerprint density at radius 3 is 2.35 bits per heavy atom. The molecule has 0 saturated carbocycles. The van der Waals surface area contributed by atoms with E-state index in [-0.39, 0.29) is 12.4 Å². The molecule has 2 aromatic carbocycles. The summed E-state index contributed by atoms with van der Waals surface area (Å²) in [5.41, 5.74) is 2.03. The molecule has 0 aliphatic rings. The molecule has 0 radical (unpaired) electrons. The van der Waals surface area contributed by atoms with Crippen LogP contribution in [0.3, 0.4) is 0 Å². The lowest BCUT2D eigenvalue weighted by Gasteiger charge is -2.04. The summed E-state index contributed by atoms with van der Waals surface area (Å²) in [5.74, 6) is -0.108. The molecule has 3 nitrogen and oxygen atoms in total. The maximum atomic E-state index is 11.9. The third kappa shape index (κ3) is 3.92. The zero-order valence-corrected chi connectivity index (χ0v) is 11.4. The lowest BCUT2D eigenvalue weighted by molar-refractivity contribution is 0.0726. The van der Waals surface area contributed by atoms with E-state index in [1.165, 1.54) is 0 Å². The molecule has 100 valence electrons. The average molecular weight is 286 g/mol. The van der Waals surface area contributed by atoms with Crippen LogP contribution in [-0.2, 0) is 11.3 Å². The fourth-order valence-corrected chi connectivity index (χ4v) is 1.78. The Morgan fingerprint density at radius 2 is 1.75 bits per heavy atom. The molecule has 4 heteroatoms. The normalized spacial score (nSPS) is 10.0. The van der Waals surface area contributed by atoms with Crippen LogP contribution >= 0.6 is 11.6 Å². The van der Waals surface area contributed by atoms with Crippen LogP contribution in [0.1, 0.15) is 21.5 Å². The lowest BCUT2D eigenvalue weighted by Crippen LogP contribution is -2.09. The number of carbonyl (C=O) groups excluding carboxylic acids is 1. The quantitative estimate of drug-likeness (QED) is 0.789. The van der Waals surface area contributed by atoms with E-state index in [1.54, 1.807) is 36.4 Å². The van der Waals surface area contributed by atoms with E-state index >= 15 is 0 Å². The molecule has 2 rings (SSSR count). The van der Waals surface area contributed by atoms with Crippen LogP contribution < -0.4 is 0 Å². The molecular formula is C16H12ClNO2. The molecule has 0 heterocycles. The molecule has 0 N–H and O–H groups in total. The van der Waals surface area contributed by atoms with Crippen LogP contribution in [0.2, 0.25) is 5.02 Å². The minimum Gasteiger partial charge on any atom is -0.369 e. The first-order valence-corrected chi connectivity index (χ1v) is 6.42. The van der Waals surface area contributed by atoms with Gasteiger partial charge < -0.3 is 4.74 Å². The zero-order chi connectivity index (χ0) is 14.4. The van der Waals surface area contributed by atoms with Gasteiger partial charge in [-0.3, -0.25) is 4.79 Å². The van der Waals surface area contributed by atoms with Gasteiger partial charge in [0.2, 0.25) is 0 Å². The highest BCUT2D eigenvalue weighted by Gasteiger charge is 2.06. The van der Waals surface area contributed by atoms with E-state index in [0.29, 0.717) is 22.8 Å². The molecule has 2 aromatic rings. The van der Waals surface area contributed by atoms with Gasteiger partial charge in [-0.1, -0.05) is 35.9 Å². The third-order valence-electron chi connectivity index (χ3n) is 2.75. The predicted octanol–water partition coefficient (Wildman–Crippen LogP) is 3.61. The van der Waals surface area contributed by atoms with Gasteiger partial charge in [0.15, 0.2) is 5.78 Å². The molecular weight excluding hydrogens is 274 g/mol. The highest BCUT2D eigenvalue weighted by Crippen LogP contribution is 2.10. The Balaban J connectivity index is 1.85. The first kappa shape index (κ1) is 14.3. The smallest absolute Gasteiger partial charge is 0.188 e. The molecule has 0 saturated heterocycles. The van der Waals surface area contributed by atoms with Gasteiger partial charge in [0.25, 0.3) is 0 Å². The molecule has 0 spiro atoms. The monoisotopic (exact) mass is 285 g/mol. The van der Waals surface area contributed by atoms with Crippen molar-refractivity contribution in [1.29, 1.82) is 5.26 Å². The summed E-state index contributed by atoms with van der Waals surface area (Å²) < 4.78 is 5.37. The molecule has 20 heavy (non-hydrogen) atoms. The number of nitriles is 1. The van der Waals surface area contributed by atoms with Crippen molar-refractivity contribution in [2.45, 2.75) is 6.61 Å². The van der Waals surface area contributed by atoms with E-state index in [1.807, 2.05) is 18.2 Å². The molecule has 0 atom stereocenters. The summed E-state index contributed by atoms with van der Waals surface area (Å²) in [6, 6.07) is 15.8. The van der Waals surface area contributed by atoms with Crippen LogP contribution in [0, 0.1) is 11.3 Å². The number of hydrogen-bond donors (Lipinski definition) is 0. The first-order chi connectivity index (χ1) is 9.69. The third-order valence-corrected chi connectivity index (χ3v) is 3.00. The maximum absolute atomic E-state index is 11.9. The zero-order valence-electron chi connectivity index (χ0n) is 10.7. The maximum Gasteiger partial charge on any atom is 0.188 e. The van der Waals surface area contributed by atoms with Crippen LogP contribution in [0.25, 0.3) is 0 Å². The van der Waals surface area contributed by atoms with Crippen LogP contribution in [0.4, 0.5) is 0 Å². The minimum atomic E-state index is -0.108. The fraction of sp³-hybridized carbons (Fsp3) is 0.125. The van der Waals surface area contributed by atoms with Gasteiger partial charge in [-0.2, -0.15) is 5.26 Å². The summed E-state index contributed by atoms with van der Waals surface area (Å²) in [6.45, 7) is 0.369. The first-order valence-electron chi connectivity index (χ1n) is 6.04. The van der Waals surface area contributed by atoms with E-state index in [4.69, 9.17) is 21.6 Å².